The zero-order valence-electron chi connectivity index (χ0n) is 6.85. The highest BCUT2D eigenvalue weighted by molar-refractivity contribution is 5.62. The molecule has 0 aromatic heterocycles. The first-order chi connectivity index (χ1) is 4.58. The maximum Gasteiger partial charge on any atom is 0.129 e. The Balaban J connectivity index is 2.13. The van der Waals surface area contributed by atoms with Crippen LogP contribution in [-0.2, 0) is 4.84 Å². The minimum absolute atomic E-state index is 0.165. The fourth-order valence-electron chi connectivity index (χ4n) is 0.450. The van der Waals surface area contributed by atoms with Crippen molar-refractivity contribution in [1.82, 2.24) is 0 Å². The third kappa shape index (κ3) is 3.49. The average molecular weight is 140 g/mol. The van der Waals surface area contributed by atoms with Crippen LogP contribution < -0.4 is 0 Å². The molecular weight excluding hydrogens is 126 g/mol. The van der Waals surface area contributed by atoms with E-state index in [0.29, 0.717) is 5.92 Å². The van der Waals surface area contributed by atoms with E-state index in [-0.39, 0.29) is 5.60 Å². The van der Waals surface area contributed by atoms with Crippen LogP contribution in [0.1, 0.15) is 33.6 Å². The fraction of sp³-hybridized carbons (Fsp3) is 0.875. The van der Waals surface area contributed by atoms with Crippen molar-refractivity contribution in [3.8, 4) is 0 Å². The maximum absolute atomic E-state index is 5.09. The van der Waals surface area contributed by atoms with Crippen molar-refractivity contribution in [2.45, 2.75) is 39.2 Å². The van der Waals surface area contributed by atoms with Gasteiger partial charge in [0, 0.05) is 5.92 Å². The van der Waals surface area contributed by atoms with Gasteiger partial charge in [-0.2, -0.15) is 0 Å². The number of hydrogen-bond acceptors (Lipinski definition) is 2. The van der Waals surface area contributed by atoms with Crippen LogP contribution in [0.3, 0.4) is 0 Å². The Kier molecular flexibility index (Phi) is 1.97. The summed E-state index contributed by atoms with van der Waals surface area (Å²) in [7, 11) is 0. The quantitative estimate of drug-likeness (QED) is 0.425. The van der Waals surface area contributed by atoms with Crippen LogP contribution >= 0.6 is 0 Å². The fourth-order valence-corrected chi connectivity index (χ4v) is 0.450. The summed E-state index contributed by atoms with van der Waals surface area (Å²) in [6.07, 6.45) is 5.38. The molecule has 0 spiro atoms. The molecule has 0 aliphatic heterocycles. The lowest BCUT2D eigenvalue weighted by Gasteiger charge is -2.14. The third-order valence-corrected chi connectivity index (χ3v) is 1.13. The molecule has 0 atom stereocenters. The van der Waals surface area contributed by atoms with Gasteiger partial charge in [0.15, 0.2) is 0 Å². The van der Waals surface area contributed by atoms with E-state index in [9.17, 15) is 0 Å². The Morgan fingerprint density at radius 1 is 1.40 bits per heavy atom. The molecule has 10 heavy (non-hydrogen) atoms. The van der Waals surface area contributed by atoms with Crippen LogP contribution in [0.5, 0.6) is 0 Å². The van der Waals surface area contributed by atoms with Gasteiger partial charge in [0.25, 0.3) is 0 Å². The van der Waals surface area contributed by atoms with E-state index in [1.807, 2.05) is 20.8 Å². The molecular formula is C8H14NO. The second kappa shape index (κ2) is 2.60. The van der Waals surface area contributed by atoms with Crippen molar-refractivity contribution in [3.63, 3.8) is 0 Å². The molecule has 0 bridgehead atoms. The molecule has 1 aliphatic rings. The largest absolute Gasteiger partial charge is 0.390 e. The van der Waals surface area contributed by atoms with Gasteiger partial charge in [0.1, 0.15) is 11.8 Å². The summed E-state index contributed by atoms with van der Waals surface area (Å²) < 4.78 is 0. The van der Waals surface area contributed by atoms with Crippen molar-refractivity contribution in [1.29, 1.82) is 0 Å². The molecule has 57 valence electrons. The highest BCUT2D eigenvalue weighted by atomic mass is 16.6. The van der Waals surface area contributed by atoms with Crippen LogP contribution in [-0.4, -0.2) is 11.8 Å². The SMILES string of the molecule is CC(C)(C)O/N=[C]/C1CC1. The molecule has 1 rings (SSSR count). The summed E-state index contributed by atoms with van der Waals surface area (Å²) in [6, 6.07) is 0. The van der Waals surface area contributed by atoms with Gasteiger partial charge >= 0.3 is 0 Å². The van der Waals surface area contributed by atoms with Gasteiger partial charge in [-0.25, -0.2) is 0 Å². The zero-order valence-corrected chi connectivity index (χ0v) is 6.85. The van der Waals surface area contributed by atoms with Gasteiger partial charge in [-0.05, 0) is 33.6 Å². The molecule has 1 aliphatic carbocycles. The van der Waals surface area contributed by atoms with Gasteiger partial charge < -0.3 is 4.84 Å². The van der Waals surface area contributed by atoms with E-state index in [4.69, 9.17) is 4.84 Å². The van der Waals surface area contributed by atoms with Gasteiger partial charge in [-0.1, -0.05) is 5.16 Å². The molecule has 0 unspecified atom stereocenters. The van der Waals surface area contributed by atoms with Gasteiger partial charge in [-0.15, -0.1) is 0 Å². The lowest BCUT2D eigenvalue weighted by molar-refractivity contribution is 0.00147. The van der Waals surface area contributed by atoms with Crippen molar-refractivity contribution in [2.24, 2.45) is 11.1 Å². The van der Waals surface area contributed by atoms with Crippen LogP contribution in [0.4, 0.5) is 0 Å². The molecule has 2 nitrogen and oxygen atoms in total. The van der Waals surface area contributed by atoms with Crippen LogP contribution in [0.2, 0.25) is 0 Å². The highest BCUT2D eigenvalue weighted by Gasteiger charge is 2.20. The Morgan fingerprint density at radius 2 is 2.00 bits per heavy atom. The standard InChI is InChI=1S/C8H14NO/c1-8(2,3)10-9-6-7-4-5-7/h7H,4-5H2,1-3H3. The molecule has 1 fully saturated rings. The molecule has 2 heteroatoms. The van der Waals surface area contributed by atoms with Crippen molar-refractivity contribution < 1.29 is 4.84 Å². The van der Waals surface area contributed by atoms with E-state index >= 15 is 0 Å². The third-order valence-electron chi connectivity index (χ3n) is 1.13. The van der Waals surface area contributed by atoms with E-state index in [0.717, 1.165) is 0 Å². The second-order valence-electron chi connectivity index (χ2n) is 3.70. The van der Waals surface area contributed by atoms with Gasteiger partial charge in [0.2, 0.25) is 0 Å². The van der Waals surface area contributed by atoms with Crippen LogP contribution in [0.25, 0.3) is 0 Å². The second-order valence-corrected chi connectivity index (χ2v) is 3.70. The van der Waals surface area contributed by atoms with Crippen molar-refractivity contribution in [3.05, 3.63) is 0 Å². The minimum Gasteiger partial charge on any atom is -0.390 e. The summed E-state index contributed by atoms with van der Waals surface area (Å²) in [5.41, 5.74) is -0.165. The molecule has 0 saturated heterocycles. The monoisotopic (exact) mass is 140 g/mol. The molecule has 1 saturated carbocycles. The lowest BCUT2D eigenvalue weighted by Crippen LogP contribution is -2.15. The summed E-state index contributed by atoms with van der Waals surface area (Å²) >= 11 is 0. The number of hydrogen-bond donors (Lipinski definition) is 0. The molecule has 0 N–H and O–H groups in total. The van der Waals surface area contributed by atoms with Crippen molar-refractivity contribution >= 4 is 6.21 Å². The highest BCUT2D eigenvalue weighted by Crippen LogP contribution is 2.26. The lowest BCUT2D eigenvalue weighted by atomic mass is 10.2. The molecule has 0 amide bonds. The minimum atomic E-state index is -0.165. The number of rotatable bonds is 2. The number of nitrogens with zero attached hydrogens (tertiary/aromatic N) is 1. The van der Waals surface area contributed by atoms with E-state index in [1.165, 1.54) is 12.8 Å². The van der Waals surface area contributed by atoms with Crippen LogP contribution in [0.15, 0.2) is 5.16 Å². The Labute approximate surface area is 62.3 Å². The topological polar surface area (TPSA) is 21.6 Å². The Bertz CT molecular complexity index is 131. The van der Waals surface area contributed by atoms with Crippen molar-refractivity contribution in [2.75, 3.05) is 0 Å². The average Bonchev–Trinajstić information content (AvgIpc) is 2.45. The first-order valence-corrected chi connectivity index (χ1v) is 3.72. The van der Waals surface area contributed by atoms with Gasteiger partial charge in [0.05, 0.1) is 0 Å². The molecule has 1 radical (unpaired) electrons. The summed E-state index contributed by atoms with van der Waals surface area (Å²) in [6.45, 7) is 5.93. The Hall–Kier alpha value is -0.530. The van der Waals surface area contributed by atoms with E-state index in [1.54, 1.807) is 0 Å². The molecule has 0 aromatic carbocycles. The molecule has 0 aromatic rings. The van der Waals surface area contributed by atoms with E-state index < -0.39 is 0 Å². The predicted molar refractivity (Wildman–Crippen MR) is 41.0 cm³/mol. The normalized spacial score (nSPS) is 19.9. The maximum atomic E-state index is 5.09. The zero-order chi connectivity index (χ0) is 7.61. The smallest absolute Gasteiger partial charge is 0.129 e. The molecule has 0 heterocycles. The first kappa shape index (κ1) is 7.58. The van der Waals surface area contributed by atoms with E-state index in [2.05, 4.69) is 11.4 Å². The van der Waals surface area contributed by atoms with Crippen LogP contribution in [0, 0.1) is 5.92 Å². The predicted octanol–water partition coefficient (Wildman–Crippen LogP) is 2.07. The summed E-state index contributed by atoms with van der Waals surface area (Å²) in [5, 5.41) is 3.75. The summed E-state index contributed by atoms with van der Waals surface area (Å²) in [5.74, 6) is 0.586. The first-order valence-electron chi connectivity index (χ1n) is 3.72. The summed E-state index contributed by atoms with van der Waals surface area (Å²) in [4.78, 5) is 5.09. The van der Waals surface area contributed by atoms with Gasteiger partial charge in [-0.3, -0.25) is 0 Å². The Morgan fingerprint density at radius 3 is 2.40 bits per heavy atom.